The predicted octanol–water partition coefficient (Wildman–Crippen LogP) is 4.72. The Hall–Kier alpha value is -4.10. The maximum atomic E-state index is 12.7. The van der Waals surface area contributed by atoms with E-state index in [0.29, 0.717) is 29.9 Å². The van der Waals surface area contributed by atoms with Crippen molar-refractivity contribution in [3.05, 3.63) is 107 Å². The number of pyridine rings is 1. The van der Waals surface area contributed by atoms with Crippen LogP contribution in [0.3, 0.4) is 0 Å². The normalized spacial score (nSPS) is 12.7. The average Bonchev–Trinajstić information content (AvgIpc) is 3.68. The summed E-state index contributed by atoms with van der Waals surface area (Å²) < 4.78 is 30.0. The van der Waals surface area contributed by atoms with Gasteiger partial charge < -0.3 is 20.3 Å². The number of hydrogen-bond acceptors (Lipinski definition) is 8. The van der Waals surface area contributed by atoms with Crippen molar-refractivity contribution in [2.45, 2.75) is 49.9 Å². The highest BCUT2D eigenvalue weighted by molar-refractivity contribution is 7.92. The van der Waals surface area contributed by atoms with Crippen LogP contribution in [-0.2, 0) is 23.1 Å². The van der Waals surface area contributed by atoms with Crippen molar-refractivity contribution in [1.82, 2.24) is 25.2 Å². The van der Waals surface area contributed by atoms with Crippen LogP contribution in [0.2, 0.25) is 0 Å². The number of β-amino-alcohol motifs (C(OH)–C–C–N with tert-alkyl or cyclic N) is 1. The van der Waals surface area contributed by atoms with Gasteiger partial charge in [-0.05, 0) is 62.2 Å². The summed E-state index contributed by atoms with van der Waals surface area (Å²) in [5.74, 6) is -0.194. The second-order valence-electron chi connectivity index (χ2n) is 10.8. The number of aryl methyl sites for hydroxylation is 1. The maximum Gasteiger partial charge on any atom is 0.261 e. The SMILES string of the molecule is CC(C)(CCn1ccc2cc(C(=O)NCc3nccs3)cnc21)NC[C@H](O)c1cccc(NS(=O)(=O)c2ccccc2)c1. The lowest BCUT2D eigenvalue weighted by Gasteiger charge is -2.28. The van der Waals surface area contributed by atoms with Gasteiger partial charge in [-0.1, -0.05) is 30.3 Å². The van der Waals surface area contributed by atoms with Gasteiger partial charge in [0.15, 0.2) is 0 Å². The summed E-state index contributed by atoms with van der Waals surface area (Å²) in [6.45, 7) is 5.47. The molecule has 0 fully saturated rings. The molecule has 0 saturated carbocycles. The van der Waals surface area contributed by atoms with E-state index in [4.69, 9.17) is 0 Å². The van der Waals surface area contributed by atoms with Crippen molar-refractivity contribution < 1.29 is 18.3 Å². The molecule has 3 aromatic heterocycles. The lowest BCUT2D eigenvalue weighted by Crippen LogP contribution is -2.42. The number of sulfonamides is 1. The highest BCUT2D eigenvalue weighted by atomic mass is 32.2. The van der Waals surface area contributed by atoms with E-state index in [1.807, 2.05) is 23.7 Å². The monoisotopic (exact) mass is 618 g/mol. The Morgan fingerprint density at radius 2 is 1.88 bits per heavy atom. The first-order chi connectivity index (χ1) is 20.6. The van der Waals surface area contributed by atoms with Crippen molar-refractivity contribution in [1.29, 1.82) is 0 Å². The number of benzene rings is 2. The fourth-order valence-electron chi connectivity index (χ4n) is 4.58. The molecule has 0 saturated heterocycles. The molecule has 2 aromatic carbocycles. The third-order valence-corrected chi connectivity index (χ3v) is 9.25. The summed E-state index contributed by atoms with van der Waals surface area (Å²) >= 11 is 1.49. The van der Waals surface area contributed by atoms with Crippen LogP contribution in [0.1, 0.15) is 47.3 Å². The molecular formula is C31H34N6O4S2. The van der Waals surface area contributed by atoms with E-state index in [1.54, 1.807) is 54.9 Å². The smallest absolute Gasteiger partial charge is 0.261 e. The number of nitrogens with one attached hydrogen (secondary N) is 3. The van der Waals surface area contributed by atoms with Gasteiger partial charge in [0.1, 0.15) is 10.7 Å². The Labute approximate surface area is 254 Å². The standard InChI is InChI=1S/C31H34N6O4S2/c1-31(2,35-20-27(38)22-7-6-8-25(18-22)36-43(40,41)26-9-4-3-5-10-26)12-15-37-14-11-23-17-24(19-33-29(23)37)30(39)34-21-28-32-13-16-42-28/h3-11,13-14,16-19,27,35-36,38H,12,15,20-21H2,1-2H3,(H,34,39)/t27-/m0/s1. The Balaban J connectivity index is 1.15. The zero-order chi connectivity index (χ0) is 30.5. The van der Waals surface area contributed by atoms with Gasteiger partial charge in [-0.3, -0.25) is 9.52 Å². The highest BCUT2D eigenvalue weighted by Gasteiger charge is 2.21. The van der Waals surface area contributed by atoms with E-state index >= 15 is 0 Å². The minimum Gasteiger partial charge on any atom is -0.387 e. The van der Waals surface area contributed by atoms with Crippen LogP contribution >= 0.6 is 11.3 Å². The van der Waals surface area contributed by atoms with Gasteiger partial charge in [0, 0.05) is 53.7 Å². The van der Waals surface area contributed by atoms with E-state index < -0.39 is 16.1 Å². The molecule has 12 heteroatoms. The molecule has 1 atom stereocenters. The van der Waals surface area contributed by atoms with Crippen molar-refractivity contribution in [3.63, 3.8) is 0 Å². The molecule has 0 bridgehead atoms. The molecular weight excluding hydrogens is 585 g/mol. The summed E-state index contributed by atoms with van der Waals surface area (Å²) in [5.41, 5.74) is 1.95. The molecule has 0 unspecified atom stereocenters. The van der Waals surface area contributed by atoms with Crippen LogP contribution in [0.4, 0.5) is 5.69 Å². The molecule has 0 radical (unpaired) electrons. The third kappa shape index (κ3) is 7.85. The van der Waals surface area contributed by atoms with E-state index in [1.165, 1.54) is 23.5 Å². The van der Waals surface area contributed by atoms with E-state index in [-0.39, 0.29) is 22.9 Å². The molecule has 4 N–H and O–H groups in total. The Morgan fingerprint density at radius 3 is 2.65 bits per heavy atom. The number of carbonyl (C=O) groups is 1. The molecule has 0 aliphatic rings. The lowest BCUT2D eigenvalue weighted by molar-refractivity contribution is 0.0950. The second kappa shape index (κ2) is 13.0. The first kappa shape index (κ1) is 30.4. The average molecular weight is 619 g/mol. The number of amides is 1. The number of fused-ring (bicyclic) bond motifs is 1. The highest BCUT2D eigenvalue weighted by Crippen LogP contribution is 2.22. The molecule has 10 nitrogen and oxygen atoms in total. The van der Waals surface area contributed by atoms with E-state index in [2.05, 4.69) is 43.7 Å². The minimum atomic E-state index is -3.73. The number of hydrogen-bond donors (Lipinski definition) is 4. The van der Waals surface area contributed by atoms with Crippen molar-refractivity contribution in [3.8, 4) is 0 Å². The van der Waals surface area contributed by atoms with Crippen LogP contribution in [0.5, 0.6) is 0 Å². The van der Waals surface area contributed by atoms with Gasteiger partial charge in [-0.25, -0.2) is 18.4 Å². The summed E-state index contributed by atoms with van der Waals surface area (Å²) in [4.78, 5) is 21.5. The number of aromatic nitrogens is 3. The molecule has 224 valence electrons. The molecule has 0 aliphatic heterocycles. The number of thiazole rings is 1. The fourth-order valence-corrected chi connectivity index (χ4v) is 6.21. The Morgan fingerprint density at radius 1 is 1.07 bits per heavy atom. The lowest BCUT2D eigenvalue weighted by atomic mass is 9.99. The Bertz CT molecular complexity index is 1790. The number of rotatable bonds is 13. The number of aliphatic hydroxyl groups is 1. The fraction of sp³-hybridized carbons (Fsp3) is 0.258. The molecule has 0 spiro atoms. The van der Waals surface area contributed by atoms with Gasteiger partial charge >= 0.3 is 0 Å². The number of anilines is 1. The van der Waals surface area contributed by atoms with Crippen molar-refractivity contribution in [2.24, 2.45) is 0 Å². The van der Waals surface area contributed by atoms with Crippen molar-refractivity contribution >= 4 is 44.0 Å². The molecule has 0 aliphatic carbocycles. The van der Waals surface area contributed by atoms with Gasteiger partial charge in [0.05, 0.1) is 23.1 Å². The first-order valence-corrected chi connectivity index (χ1v) is 16.2. The zero-order valence-electron chi connectivity index (χ0n) is 23.9. The number of nitrogens with zero attached hydrogens (tertiary/aromatic N) is 3. The molecule has 3 heterocycles. The number of carbonyl (C=O) groups excluding carboxylic acids is 1. The third-order valence-electron chi connectivity index (χ3n) is 7.08. The molecule has 5 aromatic rings. The van der Waals surface area contributed by atoms with Gasteiger partial charge in [-0.2, -0.15) is 0 Å². The molecule has 43 heavy (non-hydrogen) atoms. The van der Waals surface area contributed by atoms with E-state index in [9.17, 15) is 18.3 Å². The predicted molar refractivity (Wildman–Crippen MR) is 168 cm³/mol. The van der Waals surface area contributed by atoms with Crippen molar-refractivity contribution in [2.75, 3.05) is 11.3 Å². The first-order valence-electron chi connectivity index (χ1n) is 13.8. The largest absolute Gasteiger partial charge is 0.387 e. The van der Waals surface area contributed by atoms with Gasteiger partial charge in [-0.15, -0.1) is 11.3 Å². The van der Waals surface area contributed by atoms with Gasteiger partial charge in [0.2, 0.25) is 0 Å². The molecule has 5 rings (SSSR count). The maximum absolute atomic E-state index is 12.7. The summed E-state index contributed by atoms with van der Waals surface area (Å²) in [6, 6.07) is 18.7. The summed E-state index contributed by atoms with van der Waals surface area (Å²) in [7, 11) is -3.73. The quantitative estimate of drug-likeness (QED) is 0.150. The minimum absolute atomic E-state index is 0.170. The molecule has 1 amide bonds. The van der Waals surface area contributed by atoms with Crippen LogP contribution in [0, 0.1) is 0 Å². The van der Waals surface area contributed by atoms with Crippen LogP contribution in [0.15, 0.2) is 95.6 Å². The summed E-state index contributed by atoms with van der Waals surface area (Å²) in [5, 5.41) is 20.8. The van der Waals surface area contributed by atoms with Crippen LogP contribution in [-0.4, -0.2) is 46.1 Å². The number of aliphatic hydroxyl groups excluding tert-OH is 1. The topological polar surface area (TPSA) is 138 Å². The zero-order valence-corrected chi connectivity index (χ0v) is 25.5. The van der Waals surface area contributed by atoms with E-state index in [0.717, 1.165) is 22.5 Å². The Kier molecular flexibility index (Phi) is 9.21. The van der Waals surface area contributed by atoms with Gasteiger partial charge in [0.25, 0.3) is 15.9 Å². The second-order valence-corrected chi connectivity index (χ2v) is 13.5. The van der Waals surface area contributed by atoms with Crippen LogP contribution < -0.4 is 15.4 Å². The van der Waals surface area contributed by atoms with Crippen LogP contribution in [0.25, 0.3) is 11.0 Å². The summed E-state index contributed by atoms with van der Waals surface area (Å²) in [6.07, 6.45) is 5.17.